The topological polar surface area (TPSA) is 98.6 Å². The van der Waals surface area contributed by atoms with E-state index in [2.05, 4.69) is 15.3 Å². The van der Waals surface area contributed by atoms with Crippen molar-refractivity contribution in [3.8, 4) is 0 Å². The van der Waals surface area contributed by atoms with Gasteiger partial charge in [0.1, 0.15) is 5.69 Å². The number of β-amino-alcohol motifs (C(OH)–C–C–N with tert-alkyl or cyclic N) is 2. The molecule has 0 spiro atoms. The maximum atomic E-state index is 12.1. The Balaban J connectivity index is 2.21. The number of carbonyl (C=O) groups excluding carboxylic acids is 1. The Bertz CT molecular complexity index is 456. The van der Waals surface area contributed by atoms with Gasteiger partial charge in [-0.05, 0) is 13.0 Å². The highest BCUT2D eigenvalue weighted by Gasteiger charge is 2.33. The second-order valence-corrected chi connectivity index (χ2v) is 4.31. The molecule has 0 saturated carbocycles. The molecule has 1 saturated heterocycles. The number of hydrogen-bond donors (Lipinski definition) is 3. The predicted molar refractivity (Wildman–Crippen MR) is 64.2 cm³/mol. The van der Waals surface area contributed by atoms with Gasteiger partial charge in [-0.25, -0.2) is 9.97 Å². The third kappa shape index (κ3) is 2.41. The lowest BCUT2D eigenvalue weighted by Gasteiger charge is -2.15. The van der Waals surface area contributed by atoms with E-state index in [1.807, 2.05) is 0 Å². The number of amides is 1. The minimum absolute atomic E-state index is 0.123. The van der Waals surface area contributed by atoms with Crippen molar-refractivity contribution in [2.45, 2.75) is 19.1 Å². The largest absolute Gasteiger partial charge is 0.388 e. The fraction of sp³-hybridized carbons (Fsp3) is 0.545. The van der Waals surface area contributed by atoms with Gasteiger partial charge in [-0.2, -0.15) is 0 Å². The molecule has 0 radical (unpaired) electrons. The highest BCUT2D eigenvalue weighted by Crippen LogP contribution is 2.14. The Kier molecular flexibility index (Phi) is 3.44. The summed E-state index contributed by atoms with van der Waals surface area (Å²) in [5.74, 6) is 0.0613. The van der Waals surface area contributed by atoms with E-state index in [0.717, 1.165) is 0 Å². The first-order valence-corrected chi connectivity index (χ1v) is 5.70. The Morgan fingerprint density at radius 2 is 2.00 bits per heavy atom. The van der Waals surface area contributed by atoms with Crippen LogP contribution in [0.15, 0.2) is 6.07 Å². The zero-order valence-electron chi connectivity index (χ0n) is 10.3. The second kappa shape index (κ2) is 4.87. The Labute approximate surface area is 104 Å². The number of aryl methyl sites for hydroxylation is 1. The summed E-state index contributed by atoms with van der Waals surface area (Å²) < 4.78 is 0. The first kappa shape index (κ1) is 12.7. The van der Waals surface area contributed by atoms with Crippen molar-refractivity contribution in [2.24, 2.45) is 0 Å². The summed E-state index contributed by atoms with van der Waals surface area (Å²) in [5, 5.41) is 21.6. The molecule has 2 unspecified atom stereocenters. The SMILES string of the molecule is CNc1nc(C)cc(C(=O)N2CC(O)C(O)C2)n1. The monoisotopic (exact) mass is 252 g/mol. The third-order valence-corrected chi connectivity index (χ3v) is 2.84. The van der Waals surface area contributed by atoms with Gasteiger partial charge in [-0.3, -0.25) is 4.79 Å². The van der Waals surface area contributed by atoms with E-state index in [1.54, 1.807) is 20.0 Å². The molecule has 1 aromatic heterocycles. The molecule has 1 fully saturated rings. The summed E-state index contributed by atoms with van der Waals surface area (Å²) >= 11 is 0. The van der Waals surface area contributed by atoms with Crippen molar-refractivity contribution in [1.29, 1.82) is 0 Å². The van der Waals surface area contributed by atoms with Crippen LogP contribution in [0.5, 0.6) is 0 Å². The molecule has 1 aliphatic heterocycles. The van der Waals surface area contributed by atoms with Crippen molar-refractivity contribution in [3.05, 3.63) is 17.5 Å². The number of nitrogens with zero attached hydrogens (tertiary/aromatic N) is 3. The van der Waals surface area contributed by atoms with E-state index in [4.69, 9.17) is 0 Å². The molecule has 0 bridgehead atoms. The van der Waals surface area contributed by atoms with E-state index in [1.165, 1.54) is 4.90 Å². The quantitative estimate of drug-likeness (QED) is 0.625. The average Bonchev–Trinajstić information content (AvgIpc) is 2.68. The molecular formula is C11H16N4O3. The van der Waals surface area contributed by atoms with Crippen LogP contribution >= 0.6 is 0 Å². The van der Waals surface area contributed by atoms with Gasteiger partial charge in [-0.15, -0.1) is 0 Å². The van der Waals surface area contributed by atoms with Crippen LogP contribution in [-0.4, -0.2) is 63.3 Å². The summed E-state index contributed by atoms with van der Waals surface area (Å²) in [6.45, 7) is 2.02. The van der Waals surface area contributed by atoms with E-state index in [0.29, 0.717) is 11.6 Å². The fourth-order valence-electron chi connectivity index (χ4n) is 1.89. The van der Waals surface area contributed by atoms with Crippen molar-refractivity contribution in [1.82, 2.24) is 14.9 Å². The molecule has 1 aliphatic rings. The van der Waals surface area contributed by atoms with Crippen molar-refractivity contribution < 1.29 is 15.0 Å². The van der Waals surface area contributed by atoms with Gasteiger partial charge in [0.25, 0.3) is 5.91 Å². The van der Waals surface area contributed by atoms with Crippen LogP contribution in [0.25, 0.3) is 0 Å². The fourth-order valence-corrected chi connectivity index (χ4v) is 1.89. The molecule has 2 atom stereocenters. The van der Waals surface area contributed by atoms with E-state index >= 15 is 0 Å². The van der Waals surface area contributed by atoms with Crippen LogP contribution in [0.4, 0.5) is 5.95 Å². The molecule has 2 rings (SSSR count). The molecule has 3 N–H and O–H groups in total. The molecule has 7 nitrogen and oxygen atoms in total. The van der Waals surface area contributed by atoms with Crippen LogP contribution in [-0.2, 0) is 0 Å². The predicted octanol–water partition coefficient (Wildman–Crippen LogP) is -0.996. The second-order valence-electron chi connectivity index (χ2n) is 4.31. The number of aliphatic hydroxyl groups excluding tert-OH is 2. The molecule has 7 heteroatoms. The van der Waals surface area contributed by atoms with Gasteiger partial charge < -0.3 is 20.4 Å². The minimum Gasteiger partial charge on any atom is -0.388 e. The normalized spacial score (nSPS) is 23.2. The van der Waals surface area contributed by atoms with Gasteiger partial charge in [0, 0.05) is 25.8 Å². The maximum absolute atomic E-state index is 12.1. The zero-order chi connectivity index (χ0) is 13.3. The Morgan fingerprint density at radius 3 is 2.56 bits per heavy atom. The summed E-state index contributed by atoms with van der Waals surface area (Å²) in [6, 6.07) is 1.58. The number of carbonyl (C=O) groups is 1. The first-order chi connectivity index (χ1) is 8.51. The van der Waals surface area contributed by atoms with Gasteiger partial charge >= 0.3 is 0 Å². The van der Waals surface area contributed by atoms with Gasteiger partial charge in [0.05, 0.1) is 12.2 Å². The molecule has 0 aromatic carbocycles. The lowest BCUT2D eigenvalue weighted by atomic mass is 10.3. The summed E-state index contributed by atoms with van der Waals surface area (Å²) in [4.78, 5) is 21.7. The molecule has 2 heterocycles. The number of rotatable bonds is 2. The van der Waals surface area contributed by atoms with Gasteiger partial charge in [-0.1, -0.05) is 0 Å². The number of nitrogens with one attached hydrogen (secondary N) is 1. The molecule has 0 aliphatic carbocycles. The Morgan fingerprint density at radius 1 is 1.39 bits per heavy atom. The number of aliphatic hydroxyl groups is 2. The van der Waals surface area contributed by atoms with E-state index < -0.39 is 12.2 Å². The highest BCUT2D eigenvalue weighted by atomic mass is 16.3. The highest BCUT2D eigenvalue weighted by molar-refractivity contribution is 5.93. The summed E-state index contributed by atoms with van der Waals surface area (Å²) in [5.41, 5.74) is 0.936. The number of aromatic nitrogens is 2. The minimum atomic E-state index is -0.888. The van der Waals surface area contributed by atoms with Crippen LogP contribution in [0.1, 0.15) is 16.2 Å². The van der Waals surface area contributed by atoms with Crippen molar-refractivity contribution in [3.63, 3.8) is 0 Å². The molecule has 98 valence electrons. The van der Waals surface area contributed by atoms with Crippen LogP contribution in [0, 0.1) is 6.92 Å². The lowest BCUT2D eigenvalue weighted by molar-refractivity contribution is 0.0572. The number of anilines is 1. The standard InChI is InChI=1S/C11H16N4O3/c1-6-3-7(14-11(12-2)13-6)10(18)15-4-8(16)9(17)5-15/h3,8-9,16-17H,4-5H2,1-2H3,(H,12,13,14). The zero-order valence-corrected chi connectivity index (χ0v) is 10.3. The van der Waals surface area contributed by atoms with Crippen LogP contribution < -0.4 is 5.32 Å². The number of hydrogen-bond acceptors (Lipinski definition) is 6. The molecule has 1 aromatic rings. The smallest absolute Gasteiger partial charge is 0.272 e. The van der Waals surface area contributed by atoms with Crippen molar-refractivity contribution in [2.75, 3.05) is 25.5 Å². The van der Waals surface area contributed by atoms with Gasteiger partial charge in [0.15, 0.2) is 0 Å². The van der Waals surface area contributed by atoms with Gasteiger partial charge in [0.2, 0.25) is 5.95 Å². The van der Waals surface area contributed by atoms with E-state index in [9.17, 15) is 15.0 Å². The van der Waals surface area contributed by atoms with Crippen LogP contribution in [0.2, 0.25) is 0 Å². The maximum Gasteiger partial charge on any atom is 0.272 e. The third-order valence-electron chi connectivity index (χ3n) is 2.84. The lowest BCUT2D eigenvalue weighted by Crippen LogP contribution is -2.30. The summed E-state index contributed by atoms with van der Waals surface area (Å²) in [7, 11) is 1.67. The molecule has 18 heavy (non-hydrogen) atoms. The average molecular weight is 252 g/mol. The van der Waals surface area contributed by atoms with Crippen LogP contribution in [0.3, 0.4) is 0 Å². The first-order valence-electron chi connectivity index (χ1n) is 5.70. The Hall–Kier alpha value is -1.73. The molecular weight excluding hydrogens is 236 g/mol. The van der Waals surface area contributed by atoms with E-state index in [-0.39, 0.29) is 24.7 Å². The van der Waals surface area contributed by atoms with Crippen molar-refractivity contribution >= 4 is 11.9 Å². The summed E-state index contributed by atoms with van der Waals surface area (Å²) in [6.07, 6.45) is -1.78. The molecule has 1 amide bonds. The number of likely N-dealkylation sites (tertiary alicyclic amines) is 1.